The van der Waals surface area contributed by atoms with Gasteiger partial charge in [0.2, 0.25) is 0 Å². The first-order valence-corrected chi connectivity index (χ1v) is 7.80. The van der Waals surface area contributed by atoms with E-state index in [1.54, 1.807) is 0 Å². The van der Waals surface area contributed by atoms with E-state index in [4.69, 9.17) is 15.4 Å². The van der Waals surface area contributed by atoms with Gasteiger partial charge in [0.1, 0.15) is 0 Å². The molecule has 108 valence electrons. The number of ether oxygens (including phenoxy) is 1. The highest BCUT2D eigenvalue weighted by atomic mass is 35.7. The number of rotatable bonds is 5. The predicted molar refractivity (Wildman–Crippen MR) is 71.0 cm³/mol. The van der Waals surface area contributed by atoms with Crippen LogP contribution in [0, 0.1) is 0 Å². The second kappa shape index (κ2) is 5.73. The molecule has 8 nitrogen and oxygen atoms in total. The van der Waals surface area contributed by atoms with Crippen LogP contribution in [-0.4, -0.2) is 41.9 Å². The average molecular weight is 319 g/mol. The Morgan fingerprint density at radius 3 is 2.80 bits per heavy atom. The van der Waals surface area contributed by atoms with Gasteiger partial charge in [0.25, 0.3) is 14.2 Å². The van der Waals surface area contributed by atoms with Crippen LogP contribution in [0.3, 0.4) is 0 Å². The van der Waals surface area contributed by atoms with Gasteiger partial charge >= 0.3 is 0 Å². The van der Waals surface area contributed by atoms with Crippen molar-refractivity contribution in [1.29, 1.82) is 0 Å². The number of aromatic amines is 1. The largest absolute Gasteiger partial charge is 0.383 e. The molecule has 0 amide bonds. The SMILES string of the molecule is COCCn1c(-c2c[nH]ccc2=O)nnc1S(=O)(=O)Cl. The summed E-state index contributed by atoms with van der Waals surface area (Å²) in [6, 6.07) is 1.31. The highest BCUT2D eigenvalue weighted by Gasteiger charge is 2.24. The van der Waals surface area contributed by atoms with Gasteiger partial charge in [-0.1, -0.05) is 0 Å². The lowest BCUT2D eigenvalue weighted by Crippen LogP contribution is -2.14. The molecule has 2 aromatic rings. The Morgan fingerprint density at radius 2 is 2.20 bits per heavy atom. The molecule has 0 aliphatic rings. The lowest BCUT2D eigenvalue weighted by atomic mass is 10.2. The van der Waals surface area contributed by atoms with Gasteiger partial charge in [0.05, 0.1) is 18.7 Å². The third-order valence-electron chi connectivity index (χ3n) is 2.52. The fraction of sp³-hybridized carbons (Fsp3) is 0.300. The molecule has 20 heavy (non-hydrogen) atoms. The third kappa shape index (κ3) is 2.89. The minimum Gasteiger partial charge on any atom is -0.383 e. The molecular formula is C10H11ClN4O4S. The summed E-state index contributed by atoms with van der Waals surface area (Å²) in [5.41, 5.74) is -0.115. The minimum atomic E-state index is -4.07. The summed E-state index contributed by atoms with van der Waals surface area (Å²) < 4.78 is 29.1. The van der Waals surface area contributed by atoms with Crippen molar-refractivity contribution in [3.8, 4) is 11.4 Å². The number of halogens is 1. The van der Waals surface area contributed by atoms with E-state index in [1.807, 2.05) is 0 Å². The molecule has 0 bridgehead atoms. The van der Waals surface area contributed by atoms with Crippen molar-refractivity contribution in [2.24, 2.45) is 0 Å². The fourth-order valence-corrected chi connectivity index (χ4v) is 2.57. The van der Waals surface area contributed by atoms with E-state index in [2.05, 4.69) is 15.2 Å². The maximum atomic E-state index is 11.8. The number of methoxy groups -OCH3 is 1. The van der Waals surface area contributed by atoms with Gasteiger partial charge < -0.3 is 9.72 Å². The van der Waals surface area contributed by atoms with Crippen molar-refractivity contribution in [2.75, 3.05) is 13.7 Å². The number of H-pyrrole nitrogens is 1. The number of aromatic nitrogens is 4. The van der Waals surface area contributed by atoms with Crippen molar-refractivity contribution >= 4 is 19.7 Å². The van der Waals surface area contributed by atoms with Crippen molar-refractivity contribution in [3.05, 3.63) is 28.7 Å². The zero-order valence-corrected chi connectivity index (χ0v) is 12.0. The van der Waals surface area contributed by atoms with E-state index < -0.39 is 14.2 Å². The van der Waals surface area contributed by atoms with E-state index in [9.17, 15) is 13.2 Å². The average Bonchev–Trinajstić information content (AvgIpc) is 2.80. The van der Waals surface area contributed by atoms with Gasteiger partial charge in [-0.05, 0) is 0 Å². The standard InChI is InChI=1S/C10H11ClN4O4S/c1-19-5-4-15-9(7-6-12-3-2-8(7)16)13-14-10(15)20(11,17)18/h2-3,6H,4-5H2,1H3,(H,12,16). The number of pyridine rings is 1. The summed E-state index contributed by atoms with van der Waals surface area (Å²) in [6.07, 6.45) is 2.88. The molecule has 0 fully saturated rings. The summed E-state index contributed by atoms with van der Waals surface area (Å²) >= 11 is 0. The van der Waals surface area contributed by atoms with Gasteiger partial charge in [-0.3, -0.25) is 9.36 Å². The molecule has 0 unspecified atom stereocenters. The topological polar surface area (TPSA) is 107 Å². The molecule has 0 saturated carbocycles. The Morgan fingerprint density at radius 1 is 1.45 bits per heavy atom. The van der Waals surface area contributed by atoms with Gasteiger partial charge in [-0.25, -0.2) is 8.42 Å². The highest BCUT2D eigenvalue weighted by molar-refractivity contribution is 8.13. The summed E-state index contributed by atoms with van der Waals surface area (Å²) in [7, 11) is 2.70. The van der Waals surface area contributed by atoms with Crippen LogP contribution in [0.5, 0.6) is 0 Å². The smallest absolute Gasteiger partial charge is 0.296 e. The van der Waals surface area contributed by atoms with Gasteiger partial charge in [-0.15, -0.1) is 10.2 Å². The van der Waals surface area contributed by atoms with E-state index in [0.29, 0.717) is 0 Å². The summed E-state index contributed by atoms with van der Waals surface area (Å²) in [6.45, 7) is 0.365. The summed E-state index contributed by atoms with van der Waals surface area (Å²) in [5.74, 6) is 0.114. The molecular weight excluding hydrogens is 308 g/mol. The van der Waals surface area contributed by atoms with E-state index in [1.165, 1.54) is 30.1 Å². The van der Waals surface area contributed by atoms with Crippen LogP contribution in [0.1, 0.15) is 0 Å². The molecule has 10 heteroatoms. The molecule has 0 spiro atoms. The molecule has 2 rings (SSSR count). The third-order valence-corrected chi connectivity index (χ3v) is 3.67. The zero-order chi connectivity index (χ0) is 14.8. The lowest BCUT2D eigenvalue weighted by molar-refractivity contribution is 0.185. The Kier molecular flexibility index (Phi) is 4.21. The van der Waals surface area contributed by atoms with Crippen LogP contribution in [0.15, 0.2) is 28.4 Å². The minimum absolute atomic E-state index is 0.114. The van der Waals surface area contributed by atoms with Crippen LogP contribution in [-0.2, 0) is 20.3 Å². The Hall–Kier alpha value is -1.71. The number of nitrogens with one attached hydrogen (secondary N) is 1. The zero-order valence-electron chi connectivity index (χ0n) is 10.4. The van der Waals surface area contributed by atoms with Crippen molar-refractivity contribution in [3.63, 3.8) is 0 Å². The lowest BCUT2D eigenvalue weighted by Gasteiger charge is -2.07. The van der Waals surface area contributed by atoms with Crippen molar-refractivity contribution < 1.29 is 13.2 Å². The molecule has 0 atom stereocenters. The Labute approximate surface area is 118 Å². The monoisotopic (exact) mass is 318 g/mol. The fourth-order valence-electron chi connectivity index (χ4n) is 1.64. The van der Waals surface area contributed by atoms with Crippen LogP contribution in [0.4, 0.5) is 0 Å². The van der Waals surface area contributed by atoms with Gasteiger partial charge in [0, 0.05) is 36.3 Å². The number of nitrogens with zero attached hydrogens (tertiary/aromatic N) is 3. The first-order valence-electron chi connectivity index (χ1n) is 5.49. The van der Waals surface area contributed by atoms with E-state index >= 15 is 0 Å². The van der Waals surface area contributed by atoms with E-state index in [-0.39, 0.29) is 30.0 Å². The second-order valence-electron chi connectivity index (χ2n) is 3.81. The quantitative estimate of drug-likeness (QED) is 0.790. The van der Waals surface area contributed by atoms with E-state index in [0.717, 1.165) is 0 Å². The maximum absolute atomic E-state index is 11.8. The maximum Gasteiger partial charge on any atom is 0.296 e. The summed E-state index contributed by atoms with van der Waals surface area (Å²) in [4.78, 5) is 14.5. The van der Waals surface area contributed by atoms with Gasteiger partial charge in [0.15, 0.2) is 11.3 Å². The van der Waals surface area contributed by atoms with Crippen LogP contribution in [0.2, 0.25) is 0 Å². The molecule has 0 radical (unpaired) electrons. The number of hydrogen-bond acceptors (Lipinski definition) is 6. The molecule has 2 aromatic heterocycles. The van der Waals surface area contributed by atoms with Crippen molar-refractivity contribution in [1.82, 2.24) is 19.7 Å². The molecule has 0 aliphatic carbocycles. The molecule has 0 aliphatic heterocycles. The molecule has 1 N–H and O–H groups in total. The van der Waals surface area contributed by atoms with Crippen LogP contribution >= 0.6 is 10.7 Å². The van der Waals surface area contributed by atoms with Gasteiger partial charge in [-0.2, -0.15) is 0 Å². The second-order valence-corrected chi connectivity index (χ2v) is 6.27. The predicted octanol–water partition coefficient (Wildman–Crippen LogP) is 0.207. The normalized spacial score (nSPS) is 11.7. The first-order chi connectivity index (χ1) is 9.45. The summed E-state index contributed by atoms with van der Waals surface area (Å²) in [5, 5.41) is 6.86. The molecule has 0 saturated heterocycles. The Balaban J connectivity index is 2.63. The van der Waals surface area contributed by atoms with Crippen LogP contribution < -0.4 is 5.43 Å². The molecule has 0 aromatic carbocycles. The molecule has 2 heterocycles. The first kappa shape index (κ1) is 14.7. The highest BCUT2D eigenvalue weighted by Crippen LogP contribution is 2.19. The number of hydrogen-bond donors (Lipinski definition) is 1. The Bertz CT molecular complexity index is 768. The van der Waals surface area contributed by atoms with Crippen LogP contribution in [0.25, 0.3) is 11.4 Å². The van der Waals surface area contributed by atoms with Crippen molar-refractivity contribution in [2.45, 2.75) is 11.7 Å².